The summed E-state index contributed by atoms with van der Waals surface area (Å²) in [6.07, 6.45) is 5.90. The third kappa shape index (κ3) is 3.79. The largest absolute Gasteiger partial charge is 0.394 e. The molecule has 1 amide bonds. The van der Waals surface area contributed by atoms with Crippen LogP contribution in [0.2, 0.25) is 0 Å². The van der Waals surface area contributed by atoms with E-state index in [1.165, 1.54) is 6.08 Å². The molecule has 1 N–H and O–H groups in total. The zero-order valence-corrected chi connectivity index (χ0v) is 15.6. The van der Waals surface area contributed by atoms with Gasteiger partial charge in [-0.15, -0.1) is 0 Å². The van der Waals surface area contributed by atoms with Crippen LogP contribution in [-0.2, 0) is 24.3 Å². The van der Waals surface area contributed by atoms with E-state index < -0.39 is 0 Å². The smallest absolute Gasteiger partial charge is 0.246 e. The lowest BCUT2D eigenvalue weighted by molar-refractivity contribution is -0.129. The molecule has 0 saturated carbocycles. The lowest BCUT2D eigenvalue weighted by Gasteiger charge is -2.34. The highest BCUT2D eigenvalue weighted by atomic mass is 16.3. The van der Waals surface area contributed by atoms with Crippen molar-refractivity contribution in [1.29, 1.82) is 5.26 Å². The number of nitriles is 1. The van der Waals surface area contributed by atoms with Gasteiger partial charge in [-0.1, -0.05) is 18.7 Å². The first kappa shape index (κ1) is 18.9. The Morgan fingerprint density at radius 2 is 2.37 bits per heavy atom. The quantitative estimate of drug-likeness (QED) is 0.799. The van der Waals surface area contributed by atoms with Gasteiger partial charge in [-0.2, -0.15) is 10.4 Å². The molecule has 2 aromatic rings. The first-order valence-electron chi connectivity index (χ1n) is 9.17. The topological polar surface area (TPSA) is 82.2 Å². The lowest BCUT2D eigenvalue weighted by atomic mass is 9.91. The Bertz CT molecular complexity index is 894. The molecule has 0 aliphatic heterocycles. The zero-order valence-electron chi connectivity index (χ0n) is 15.6. The van der Waals surface area contributed by atoms with Gasteiger partial charge in [0.1, 0.15) is 0 Å². The summed E-state index contributed by atoms with van der Waals surface area (Å²) in [6, 6.07) is 7.76. The van der Waals surface area contributed by atoms with Crippen molar-refractivity contribution in [2.24, 2.45) is 0 Å². The van der Waals surface area contributed by atoms with Gasteiger partial charge >= 0.3 is 0 Å². The predicted molar refractivity (Wildman–Crippen MR) is 102 cm³/mol. The van der Waals surface area contributed by atoms with E-state index in [0.29, 0.717) is 18.7 Å². The number of amides is 1. The number of hydrogen-bond donors (Lipinski definition) is 1. The standard InChI is InChI=1S/C21H24N4O2/c1-3-21(27)24(14-16-7-8-17(12-22)15(2)11-16)19-5-4-6-20-18(19)13-23-25(20)9-10-26/h3,7-8,11,13,19,26H,1,4-6,9-10,14H2,2H3. The maximum Gasteiger partial charge on any atom is 0.246 e. The number of hydrogen-bond acceptors (Lipinski definition) is 4. The summed E-state index contributed by atoms with van der Waals surface area (Å²) >= 11 is 0. The van der Waals surface area contributed by atoms with Crippen molar-refractivity contribution >= 4 is 5.91 Å². The van der Waals surface area contributed by atoms with Crippen LogP contribution in [0.4, 0.5) is 0 Å². The van der Waals surface area contributed by atoms with Crippen molar-refractivity contribution in [3.63, 3.8) is 0 Å². The maximum atomic E-state index is 12.7. The van der Waals surface area contributed by atoms with Gasteiger partial charge in [0.05, 0.1) is 37.0 Å². The summed E-state index contributed by atoms with van der Waals surface area (Å²) in [6.45, 7) is 6.52. The van der Waals surface area contributed by atoms with E-state index in [1.807, 2.05) is 34.8 Å². The van der Waals surface area contributed by atoms with E-state index in [2.05, 4.69) is 17.7 Å². The molecular formula is C21H24N4O2. The van der Waals surface area contributed by atoms with Crippen LogP contribution in [0, 0.1) is 18.3 Å². The number of nitrogens with zero attached hydrogens (tertiary/aromatic N) is 4. The van der Waals surface area contributed by atoms with Crippen molar-refractivity contribution in [2.45, 2.75) is 45.3 Å². The van der Waals surface area contributed by atoms with Crippen LogP contribution in [0.1, 0.15) is 46.8 Å². The molecule has 0 saturated heterocycles. The van der Waals surface area contributed by atoms with E-state index in [-0.39, 0.29) is 18.6 Å². The Morgan fingerprint density at radius 3 is 3.04 bits per heavy atom. The Balaban J connectivity index is 1.93. The van der Waals surface area contributed by atoms with Gasteiger partial charge in [-0.25, -0.2) is 0 Å². The number of carbonyl (C=O) groups is 1. The molecule has 3 rings (SSSR count). The molecule has 1 heterocycles. The molecule has 140 valence electrons. The number of fused-ring (bicyclic) bond motifs is 1. The molecular weight excluding hydrogens is 340 g/mol. The number of carbonyl (C=O) groups excluding carboxylic acids is 1. The van der Waals surface area contributed by atoms with Gasteiger partial charge in [-0.05, 0) is 49.5 Å². The summed E-state index contributed by atoms with van der Waals surface area (Å²) in [5, 5.41) is 22.8. The number of aliphatic hydroxyl groups is 1. The molecule has 1 aliphatic rings. The van der Waals surface area contributed by atoms with Crippen molar-refractivity contribution in [2.75, 3.05) is 6.61 Å². The van der Waals surface area contributed by atoms with Crippen LogP contribution in [0.15, 0.2) is 37.1 Å². The Labute approximate surface area is 159 Å². The van der Waals surface area contributed by atoms with Crippen molar-refractivity contribution < 1.29 is 9.90 Å². The summed E-state index contributed by atoms with van der Waals surface area (Å²) < 4.78 is 1.84. The normalized spacial score (nSPS) is 15.7. The monoisotopic (exact) mass is 364 g/mol. The van der Waals surface area contributed by atoms with Gasteiger partial charge in [0.25, 0.3) is 0 Å². The molecule has 27 heavy (non-hydrogen) atoms. The van der Waals surface area contributed by atoms with E-state index in [4.69, 9.17) is 5.26 Å². The molecule has 0 bridgehead atoms. The highest BCUT2D eigenvalue weighted by molar-refractivity contribution is 5.87. The van der Waals surface area contributed by atoms with E-state index in [0.717, 1.165) is 41.6 Å². The summed E-state index contributed by atoms with van der Waals surface area (Å²) in [5.41, 5.74) is 4.68. The maximum absolute atomic E-state index is 12.7. The number of benzene rings is 1. The lowest BCUT2D eigenvalue weighted by Crippen LogP contribution is -2.35. The third-order valence-corrected chi connectivity index (χ3v) is 5.14. The zero-order chi connectivity index (χ0) is 19.4. The summed E-state index contributed by atoms with van der Waals surface area (Å²) in [5.74, 6) is -0.121. The molecule has 0 radical (unpaired) electrons. The molecule has 1 atom stereocenters. The molecule has 6 heteroatoms. The number of aliphatic hydroxyl groups excluding tert-OH is 1. The fraction of sp³-hybridized carbons (Fsp3) is 0.381. The van der Waals surface area contributed by atoms with Gasteiger partial charge < -0.3 is 10.0 Å². The fourth-order valence-electron chi connectivity index (χ4n) is 3.81. The molecule has 6 nitrogen and oxygen atoms in total. The Morgan fingerprint density at radius 1 is 1.56 bits per heavy atom. The Hall–Kier alpha value is -2.91. The molecule has 1 aromatic heterocycles. The van der Waals surface area contributed by atoms with Crippen molar-refractivity contribution in [1.82, 2.24) is 14.7 Å². The highest BCUT2D eigenvalue weighted by Crippen LogP contribution is 2.35. The third-order valence-electron chi connectivity index (χ3n) is 5.14. The molecule has 1 aromatic carbocycles. The van der Waals surface area contributed by atoms with Gasteiger partial charge in [0, 0.05) is 17.8 Å². The second kappa shape index (κ2) is 8.19. The molecule has 0 spiro atoms. The first-order valence-corrected chi connectivity index (χ1v) is 9.17. The first-order chi connectivity index (χ1) is 13.1. The number of aryl methyl sites for hydroxylation is 1. The van der Waals surface area contributed by atoms with Crippen LogP contribution in [0.3, 0.4) is 0 Å². The minimum Gasteiger partial charge on any atom is -0.394 e. The second-order valence-corrected chi connectivity index (χ2v) is 6.83. The van der Waals surface area contributed by atoms with Gasteiger partial charge in [0.2, 0.25) is 5.91 Å². The molecule has 0 fully saturated rings. The minimum absolute atomic E-state index is 0.0403. The average Bonchev–Trinajstić information content (AvgIpc) is 3.09. The van der Waals surface area contributed by atoms with Crippen LogP contribution in [0.5, 0.6) is 0 Å². The van der Waals surface area contributed by atoms with E-state index in [9.17, 15) is 9.90 Å². The number of aromatic nitrogens is 2. The summed E-state index contributed by atoms with van der Waals surface area (Å²) in [7, 11) is 0. The van der Waals surface area contributed by atoms with Crippen LogP contribution >= 0.6 is 0 Å². The predicted octanol–water partition coefficient (Wildman–Crippen LogP) is 2.65. The average molecular weight is 364 g/mol. The number of rotatable bonds is 6. The van der Waals surface area contributed by atoms with E-state index >= 15 is 0 Å². The summed E-state index contributed by atoms with van der Waals surface area (Å²) in [4.78, 5) is 14.5. The second-order valence-electron chi connectivity index (χ2n) is 6.83. The van der Waals surface area contributed by atoms with Crippen LogP contribution < -0.4 is 0 Å². The molecule has 1 unspecified atom stereocenters. The van der Waals surface area contributed by atoms with Crippen molar-refractivity contribution in [3.05, 3.63) is 65.0 Å². The van der Waals surface area contributed by atoms with Crippen LogP contribution in [-0.4, -0.2) is 32.3 Å². The highest BCUT2D eigenvalue weighted by Gasteiger charge is 2.31. The van der Waals surface area contributed by atoms with Gasteiger partial charge in [-0.3, -0.25) is 9.48 Å². The van der Waals surface area contributed by atoms with E-state index in [1.54, 1.807) is 6.07 Å². The van der Waals surface area contributed by atoms with Crippen LogP contribution in [0.25, 0.3) is 0 Å². The SMILES string of the molecule is C=CC(=O)N(Cc1ccc(C#N)c(C)c1)C1CCCc2c1cnn2CCO. The van der Waals surface area contributed by atoms with Gasteiger partial charge in [0.15, 0.2) is 0 Å². The van der Waals surface area contributed by atoms with Crippen molar-refractivity contribution in [3.8, 4) is 6.07 Å². The minimum atomic E-state index is -0.121. The Kier molecular flexibility index (Phi) is 5.72. The molecule has 1 aliphatic carbocycles. The fourth-order valence-corrected chi connectivity index (χ4v) is 3.81.